The van der Waals surface area contributed by atoms with Gasteiger partial charge in [-0.3, -0.25) is 0 Å². The van der Waals surface area contributed by atoms with Gasteiger partial charge in [-0.1, -0.05) is 18.2 Å². The molecule has 2 rings (SSSR count). The molecule has 0 radical (unpaired) electrons. The number of aliphatic hydroxyl groups excluding tert-OH is 1. The van der Waals surface area contributed by atoms with Crippen LogP contribution in [0.3, 0.4) is 0 Å². The van der Waals surface area contributed by atoms with Gasteiger partial charge in [0.05, 0.1) is 0 Å². The van der Waals surface area contributed by atoms with E-state index >= 15 is 0 Å². The maximum absolute atomic E-state index is 8.83. The Morgan fingerprint density at radius 2 is 2.25 bits per heavy atom. The fourth-order valence-electron chi connectivity index (χ4n) is 1.88. The van der Waals surface area contributed by atoms with E-state index in [-0.39, 0.29) is 6.61 Å². The number of H-pyrrole nitrogens is 1. The molecule has 2 aromatic rings. The molecule has 3 N–H and O–H groups in total. The van der Waals surface area contributed by atoms with E-state index in [0.717, 1.165) is 13.0 Å². The standard InChI is InChI=1S/C13H18N2O/c1-10(6-8-16)15-9-12-4-2-3-11-5-7-14-13(11)12/h2-5,7,10,14-16H,6,8-9H2,1H3/t10-/m1/s1. The Balaban J connectivity index is 2.06. The van der Waals surface area contributed by atoms with Gasteiger partial charge in [0.2, 0.25) is 0 Å². The van der Waals surface area contributed by atoms with Gasteiger partial charge in [0.15, 0.2) is 0 Å². The zero-order valence-electron chi connectivity index (χ0n) is 9.53. The molecule has 3 heteroatoms. The second kappa shape index (κ2) is 5.14. The third kappa shape index (κ3) is 2.43. The molecule has 86 valence electrons. The van der Waals surface area contributed by atoms with Crippen molar-refractivity contribution in [2.24, 2.45) is 0 Å². The van der Waals surface area contributed by atoms with Crippen LogP contribution < -0.4 is 5.32 Å². The summed E-state index contributed by atoms with van der Waals surface area (Å²) in [5, 5.41) is 13.5. The predicted octanol–water partition coefficient (Wildman–Crippen LogP) is 2.03. The molecule has 16 heavy (non-hydrogen) atoms. The summed E-state index contributed by atoms with van der Waals surface area (Å²) in [6.45, 7) is 3.16. The first-order valence-corrected chi connectivity index (χ1v) is 5.70. The van der Waals surface area contributed by atoms with Crippen molar-refractivity contribution in [1.82, 2.24) is 10.3 Å². The van der Waals surface area contributed by atoms with Gasteiger partial charge >= 0.3 is 0 Å². The number of benzene rings is 1. The topological polar surface area (TPSA) is 48.0 Å². The average molecular weight is 218 g/mol. The molecule has 0 amide bonds. The minimum atomic E-state index is 0.237. The Kier molecular flexibility index (Phi) is 3.59. The van der Waals surface area contributed by atoms with Crippen LogP contribution in [0, 0.1) is 0 Å². The van der Waals surface area contributed by atoms with E-state index < -0.39 is 0 Å². The third-order valence-corrected chi connectivity index (χ3v) is 2.88. The van der Waals surface area contributed by atoms with Crippen molar-refractivity contribution in [1.29, 1.82) is 0 Å². The van der Waals surface area contributed by atoms with E-state index in [9.17, 15) is 0 Å². The molecular formula is C13H18N2O. The summed E-state index contributed by atoms with van der Waals surface area (Å²) in [6.07, 6.45) is 2.76. The molecule has 0 saturated heterocycles. The van der Waals surface area contributed by atoms with Gasteiger partial charge < -0.3 is 15.4 Å². The summed E-state index contributed by atoms with van der Waals surface area (Å²) >= 11 is 0. The number of nitrogens with one attached hydrogen (secondary N) is 2. The summed E-state index contributed by atoms with van der Waals surface area (Å²) < 4.78 is 0. The highest BCUT2D eigenvalue weighted by atomic mass is 16.3. The first-order valence-electron chi connectivity index (χ1n) is 5.70. The van der Waals surface area contributed by atoms with Gasteiger partial charge in [0, 0.05) is 30.9 Å². The molecule has 0 aliphatic rings. The van der Waals surface area contributed by atoms with Crippen molar-refractivity contribution in [3.05, 3.63) is 36.0 Å². The molecule has 0 aliphatic heterocycles. The lowest BCUT2D eigenvalue weighted by Crippen LogP contribution is -2.26. The van der Waals surface area contributed by atoms with Crippen LogP contribution in [-0.2, 0) is 6.54 Å². The smallest absolute Gasteiger partial charge is 0.0499 e. The number of rotatable bonds is 5. The molecule has 0 saturated carbocycles. The molecule has 0 unspecified atom stereocenters. The Labute approximate surface area is 95.5 Å². The minimum Gasteiger partial charge on any atom is -0.396 e. The van der Waals surface area contributed by atoms with Gasteiger partial charge in [-0.2, -0.15) is 0 Å². The zero-order valence-corrected chi connectivity index (χ0v) is 9.53. The van der Waals surface area contributed by atoms with Crippen molar-refractivity contribution in [2.75, 3.05) is 6.61 Å². The maximum Gasteiger partial charge on any atom is 0.0499 e. The fourth-order valence-corrected chi connectivity index (χ4v) is 1.88. The zero-order chi connectivity index (χ0) is 11.4. The molecule has 1 heterocycles. The van der Waals surface area contributed by atoms with Crippen LogP contribution in [0.25, 0.3) is 10.9 Å². The quantitative estimate of drug-likeness (QED) is 0.719. The first kappa shape index (κ1) is 11.2. The van der Waals surface area contributed by atoms with Crippen molar-refractivity contribution in [2.45, 2.75) is 25.9 Å². The number of hydrogen-bond donors (Lipinski definition) is 3. The third-order valence-electron chi connectivity index (χ3n) is 2.88. The van der Waals surface area contributed by atoms with Crippen molar-refractivity contribution < 1.29 is 5.11 Å². The summed E-state index contributed by atoms with van der Waals surface area (Å²) in [5.41, 5.74) is 2.47. The van der Waals surface area contributed by atoms with Crippen LogP contribution in [0.2, 0.25) is 0 Å². The summed E-state index contributed by atoms with van der Waals surface area (Å²) in [5.74, 6) is 0. The van der Waals surface area contributed by atoms with Gasteiger partial charge in [0.1, 0.15) is 0 Å². The first-order chi connectivity index (χ1) is 7.81. The lowest BCUT2D eigenvalue weighted by atomic mass is 10.1. The minimum absolute atomic E-state index is 0.237. The number of fused-ring (bicyclic) bond motifs is 1. The van der Waals surface area contributed by atoms with Crippen LogP contribution in [0.1, 0.15) is 18.9 Å². The molecule has 3 nitrogen and oxygen atoms in total. The van der Waals surface area contributed by atoms with Crippen molar-refractivity contribution in [3.8, 4) is 0 Å². The Hall–Kier alpha value is -1.32. The molecule has 1 aromatic heterocycles. The van der Waals surface area contributed by atoms with Crippen molar-refractivity contribution in [3.63, 3.8) is 0 Å². The molecule has 0 fully saturated rings. The molecule has 0 aliphatic carbocycles. The number of hydrogen-bond acceptors (Lipinski definition) is 2. The second-order valence-electron chi connectivity index (χ2n) is 4.15. The Bertz CT molecular complexity index is 450. The van der Waals surface area contributed by atoms with E-state index in [1.165, 1.54) is 16.5 Å². The number of aliphatic hydroxyl groups is 1. The number of aromatic nitrogens is 1. The lowest BCUT2D eigenvalue weighted by molar-refractivity contribution is 0.269. The normalized spacial score (nSPS) is 13.1. The summed E-state index contributed by atoms with van der Waals surface area (Å²) in [6, 6.07) is 8.72. The van der Waals surface area contributed by atoms with Gasteiger partial charge in [0.25, 0.3) is 0 Å². The predicted molar refractivity (Wildman–Crippen MR) is 66.3 cm³/mol. The summed E-state index contributed by atoms with van der Waals surface area (Å²) in [7, 11) is 0. The van der Waals surface area contributed by atoms with E-state index in [4.69, 9.17) is 5.11 Å². The van der Waals surface area contributed by atoms with Gasteiger partial charge in [-0.15, -0.1) is 0 Å². The highest BCUT2D eigenvalue weighted by molar-refractivity contribution is 5.82. The van der Waals surface area contributed by atoms with E-state index in [1.54, 1.807) is 0 Å². The van der Waals surface area contributed by atoms with Gasteiger partial charge in [-0.05, 0) is 30.4 Å². The van der Waals surface area contributed by atoms with Crippen LogP contribution in [0.4, 0.5) is 0 Å². The highest BCUT2D eigenvalue weighted by Crippen LogP contribution is 2.16. The highest BCUT2D eigenvalue weighted by Gasteiger charge is 2.04. The Morgan fingerprint density at radius 3 is 3.06 bits per heavy atom. The van der Waals surface area contributed by atoms with Crippen LogP contribution >= 0.6 is 0 Å². The van der Waals surface area contributed by atoms with Crippen molar-refractivity contribution >= 4 is 10.9 Å². The largest absolute Gasteiger partial charge is 0.396 e. The van der Waals surface area contributed by atoms with Crippen LogP contribution in [0.15, 0.2) is 30.5 Å². The lowest BCUT2D eigenvalue weighted by Gasteiger charge is -2.12. The maximum atomic E-state index is 8.83. The fraction of sp³-hybridized carbons (Fsp3) is 0.385. The van der Waals surface area contributed by atoms with Crippen LogP contribution in [0.5, 0.6) is 0 Å². The molecule has 1 aromatic carbocycles. The van der Waals surface area contributed by atoms with E-state index in [0.29, 0.717) is 6.04 Å². The SMILES string of the molecule is C[C@H](CCO)NCc1cccc2cc[nH]c12. The molecular weight excluding hydrogens is 200 g/mol. The molecule has 0 spiro atoms. The Morgan fingerprint density at radius 1 is 1.38 bits per heavy atom. The molecule has 0 bridgehead atoms. The van der Waals surface area contributed by atoms with E-state index in [2.05, 4.69) is 41.5 Å². The molecule has 1 atom stereocenters. The summed E-state index contributed by atoms with van der Waals surface area (Å²) in [4.78, 5) is 3.25. The second-order valence-corrected chi connectivity index (χ2v) is 4.15. The van der Waals surface area contributed by atoms with Crippen LogP contribution in [-0.4, -0.2) is 22.7 Å². The monoisotopic (exact) mass is 218 g/mol. The average Bonchev–Trinajstić information content (AvgIpc) is 2.75. The number of para-hydroxylation sites is 1. The number of aromatic amines is 1. The van der Waals surface area contributed by atoms with E-state index in [1.807, 2.05) is 6.20 Å². The van der Waals surface area contributed by atoms with Gasteiger partial charge in [-0.25, -0.2) is 0 Å².